The number of hydrogen-bond acceptors (Lipinski definition) is 2. The molecule has 0 saturated heterocycles. The van der Waals surface area contributed by atoms with Gasteiger partial charge in [0.25, 0.3) is 0 Å². The number of nitriles is 1. The molecule has 0 aliphatic carbocycles. The maximum Gasteiger partial charge on any atom is 0.101 e. The molecule has 0 radical (unpaired) electrons. The van der Waals surface area contributed by atoms with E-state index >= 15 is 0 Å². The van der Waals surface area contributed by atoms with Gasteiger partial charge in [0, 0.05) is 14.1 Å². The Kier molecular flexibility index (Phi) is 3.24. The minimum atomic E-state index is 0.614. The van der Waals surface area contributed by atoms with E-state index in [9.17, 15) is 0 Å². The molecule has 3 heteroatoms. The standard InChI is InChI=1S/C11H13N3/c1-9-4-5-11(10(6-9)7-12)13-8-14(2)3/h4-6,8H,1-3H3/b13-8+. The predicted octanol–water partition coefficient (Wildman–Crippen LogP) is 2.09. The molecule has 0 spiro atoms. The average Bonchev–Trinajstić information content (AvgIpc) is 2.15. The monoisotopic (exact) mass is 187 g/mol. The lowest BCUT2D eigenvalue weighted by atomic mass is 10.1. The Hall–Kier alpha value is -1.82. The summed E-state index contributed by atoms with van der Waals surface area (Å²) in [5, 5.41) is 8.87. The molecular weight excluding hydrogens is 174 g/mol. The molecular formula is C11H13N3. The van der Waals surface area contributed by atoms with Crippen molar-refractivity contribution in [2.45, 2.75) is 6.92 Å². The molecule has 1 aromatic carbocycles. The highest BCUT2D eigenvalue weighted by atomic mass is 15.1. The third-order valence-electron chi connectivity index (χ3n) is 1.70. The third kappa shape index (κ3) is 2.60. The Bertz CT molecular complexity index is 386. The Labute approximate surface area is 84.3 Å². The van der Waals surface area contributed by atoms with Crippen LogP contribution in [0.4, 0.5) is 5.69 Å². The summed E-state index contributed by atoms with van der Waals surface area (Å²) in [6.07, 6.45) is 1.69. The van der Waals surface area contributed by atoms with Gasteiger partial charge in [-0.05, 0) is 24.6 Å². The molecule has 0 aliphatic rings. The molecule has 0 N–H and O–H groups in total. The fourth-order valence-corrected chi connectivity index (χ4v) is 1.03. The zero-order valence-electron chi connectivity index (χ0n) is 8.65. The van der Waals surface area contributed by atoms with Gasteiger partial charge in [-0.15, -0.1) is 0 Å². The van der Waals surface area contributed by atoms with Crippen molar-refractivity contribution in [3.63, 3.8) is 0 Å². The SMILES string of the molecule is Cc1ccc(/N=C/N(C)C)c(C#N)c1. The summed E-state index contributed by atoms with van der Waals surface area (Å²) >= 11 is 0. The zero-order valence-corrected chi connectivity index (χ0v) is 8.65. The minimum absolute atomic E-state index is 0.614. The van der Waals surface area contributed by atoms with Gasteiger partial charge in [0.1, 0.15) is 6.07 Å². The number of aliphatic imine (C=N–C) groups is 1. The lowest BCUT2D eigenvalue weighted by Crippen LogP contribution is -2.07. The van der Waals surface area contributed by atoms with Crippen molar-refractivity contribution in [2.75, 3.05) is 14.1 Å². The molecule has 1 aromatic rings. The van der Waals surface area contributed by atoms with E-state index in [-0.39, 0.29) is 0 Å². The van der Waals surface area contributed by atoms with Crippen LogP contribution >= 0.6 is 0 Å². The quantitative estimate of drug-likeness (QED) is 0.525. The van der Waals surface area contributed by atoms with Crippen LogP contribution in [0.1, 0.15) is 11.1 Å². The summed E-state index contributed by atoms with van der Waals surface area (Å²) in [6, 6.07) is 7.77. The Morgan fingerprint density at radius 3 is 2.71 bits per heavy atom. The zero-order chi connectivity index (χ0) is 10.6. The molecule has 0 amide bonds. The molecule has 0 bridgehead atoms. The van der Waals surface area contributed by atoms with Gasteiger partial charge in [-0.1, -0.05) is 6.07 Å². The van der Waals surface area contributed by atoms with Crippen molar-refractivity contribution in [3.8, 4) is 6.07 Å². The maximum absolute atomic E-state index is 8.87. The van der Waals surface area contributed by atoms with Crippen molar-refractivity contribution in [3.05, 3.63) is 29.3 Å². The Morgan fingerprint density at radius 1 is 1.43 bits per heavy atom. The number of benzene rings is 1. The van der Waals surface area contributed by atoms with Gasteiger partial charge in [0.05, 0.1) is 17.6 Å². The molecule has 72 valence electrons. The van der Waals surface area contributed by atoms with Crippen LogP contribution in [0.25, 0.3) is 0 Å². The second-order valence-electron chi connectivity index (χ2n) is 3.34. The third-order valence-corrected chi connectivity index (χ3v) is 1.70. The first kappa shape index (κ1) is 10.3. The van der Waals surface area contributed by atoms with Crippen LogP contribution in [0.2, 0.25) is 0 Å². The Morgan fingerprint density at radius 2 is 2.14 bits per heavy atom. The fourth-order valence-electron chi connectivity index (χ4n) is 1.03. The van der Waals surface area contributed by atoms with E-state index in [0.717, 1.165) is 5.56 Å². The van der Waals surface area contributed by atoms with Crippen LogP contribution in [-0.4, -0.2) is 25.3 Å². The largest absolute Gasteiger partial charge is 0.369 e. The maximum atomic E-state index is 8.87. The summed E-state index contributed by atoms with van der Waals surface area (Å²) in [5.41, 5.74) is 2.40. The highest BCUT2D eigenvalue weighted by Gasteiger charge is 1.99. The molecule has 14 heavy (non-hydrogen) atoms. The van der Waals surface area contributed by atoms with Crippen molar-refractivity contribution in [1.29, 1.82) is 5.26 Å². The normalized spacial score (nSPS) is 10.1. The van der Waals surface area contributed by atoms with Crippen LogP contribution in [0.5, 0.6) is 0 Å². The van der Waals surface area contributed by atoms with Crippen LogP contribution in [0, 0.1) is 18.3 Å². The van der Waals surface area contributed by atoms with E-state index in [1.807, 2.05) is 44.1 Å². The van der Waals surface area contributed by atoms with Gasteiger partial charge in [-0.2, -0.15) is 5.26 Å². The van der Waals surface area contributed by atoms with E-state index in [2.05, 4.69) is 11.1 Å². The average molecular weight is 187 g/mol. The summed E-state index contributed by atoms with van der Waals surface area (Å²) in [7, 11) is 3.79. The van der Waals surface area contributed by atoms with E-state index in [1.54, 1.807) is 6.34 Å². The van der Waals surface area contributed by atoms with Crippen molar-refractivity contribution < 1.29 is 0 Å². The molecule has 0 atom stereocenters. The van der Waals surface area contributed by atoms with E-state index < -0.39 is 0 Å². The highest BCUT2D eigenvalue weighted by molar-refractivity contribution is 5.65. The summed E-state index contributed by atoms with van der Waals surface area (Å²) < 4.78 is 0. The van der Waals surface area contributed by atoms with Crippen molar-refractivity contribution in [2.24, 2.45) is 4.99 Å². The van der Waals surface area contributed by atoms with Crippen LogP contribution in [0.15, 0.2) is 23.2 Å². The molecule has 0 heterocycles. The molecule has 0 saturated carbocycles. The first-order chi connectivity index (χ1) is 6.63. The first-order valence-electron chi connectivity index (χ1n) is 4.35. The van der Waals surface area contributed by atoms with Gasteiger partial charge >= 0.3 is 0 Å². The summed E-state index contributed by atoms with van der Waals surface area (Å²) in [5.74, 6) is 0. The van der Waals surface area contributed by atoms with Gasteiger partial charge in [-0.25, -0.2) is 4.99 Å². The fraction of sp³-hybridized carbons (Fsp3) is 0.273. The predicted molar refractivity (Wildman–Crippen MR) is 57.7 cm³/mol. The lowest BCUT2D eigenvalue weighted by Gasteiger charge is -2.03. The molecule has 0 fully saturated rings. The number of nitrogens with zero attached hydrogens (tertiary/aromatic N) is 3. The number of aryl methyl sites for hydroxylation is 1. The minimum Gasteiger partial charge on any atom is -0.369 e. The molecule has 0 aliphatic heterocycles. The Balaban J connectivity index is 3.04. The van der Waals surface area contributed by atoms with Gasteiger partial charge < -0.3 is 4.90 Å². The molecule has 0 unspecified atom stereocenters. The topological polar surface area (TPSA) is 39.4 Å². The van der Waals surface area contributed by atoms with E-state index in [1.165, 1.54) is 0 Å². The molecule has 0 aromatic heterocycles. The van der Waals surface area contributed by atoms with E-state index in [4.69, 9.17) is 5.26 Å². The van der Waals surface area contributed by atoms with Crippen LogP contribution in [-0.2, 0) is 0 Å². The van der Waals surface area contributed by atoms with Crippen molar-refractivity contribution >= 4 is 12.0 Å². The first-order valence-corrected chi connectivity index (χ1v) is 4.35. The molecule has 1 rings (SSSR count). The summed E-state index contributed by atoms with van der Waals surface area (Å²) in [4.78, 5) is 6.03. The summed E-state index contributed by atoms with van der Waals surface area (Å²) in [6.45, 7) is 1.96. The second-order valence-corrected chi connectivity index (χ2v) is 3.34. The second kappa shape index (κ2) is 4.43. The smallest absolute Gasteiger partial charge is 0.101 e. The van der Waals surface area contributed by atoms with Crippen molar-refractivity contribution in [1.82, 2.24) is 4.90 Å². The highest BCUT2D eigenvalue weighted by Crippen LogP contribution is 2.18. The van der Waals surface area contributed by atoms with Crippen LogP contribution in [0.3, 0.4) is 0 Å². The number of hydrogen-bond donors (Lipinski definition) is 0. The van der Waals surface area contributed by atoms with Gasteiger partial charge in [-0.3, -0.25) is 0 Å². The van der Waals surface area contributed by atoms with Crippen LogP contribution < -0.4 is 0 Å². The lowest BCUT2D eigenvalue weighted by molar-refractivity contribution is 0.643. The van der Waals surface area contributed by atoms with Gasteiger partial charge in [0.15, 0.2) is 0 Å². The van der Waals surface area contributed by atoms with E-state index in [0.29, 0.717) is 11.3 Å². The molecule has 3 nitrogen and oxygen atoms in total. The number of rotatable bonds is 2. The van der Waals surface area contributed by atoms with Gasteiger partial charge in [0.2, 0.25) is 0 Å².